The molecule has 0 unspecified atom stereocenters. The Morgan fingerprint density at radius 1 is 1.00 bits per heavy atom. The molecule has 0 radical (unpaired) electrons. The Labute approximate surface area is 162 Å². The lowest BCUT2D eigenvalue weighted by atomic mass is 10.2. The van der Waals surface area contributed by atoms with Crippen LogP contribution in [-0.2, 0) is 0 Å². The first-order chi connectivity index (χ1) is 13.5. The average molecular weight is 394 g/mol. The van der Waals surface area contributed by atoms with Crippen LogP contribution < -0.4 is 16.3 Å². The zero-order valence-electron chi connectivity index (χ0n) is 14.6. The Morgan fingerprint density at radius 2 is 1.86 bits per heavy atom. The Hall–Kier alpha value is -3.65. The zero-order valence-corrected chi connectivity index (χ0v) is 15.5. The van der Waals surface area contributed by atoms with Gasteiger partial charge in [0.05, 0.1) is 16.1 Å². The molecule has 3 heterocycles. The number of thiophene rings is 1. The van der Waals surface area contributed by atoms with Gasteiger partial charge in [-0.1, -0.05) is 0 Å². The minimum atomic E-state index is -0.428. The molecular weight excluding hydrogens is 380 g/mol. The van der Waals surface area contributed by atoms with E-state index in [4.69, 9.17) is 8.83 Å². The van der Waals surface area contributed by atoms with E-state index in [1.165, 1.54) is 23.7 Å². The summed E-state index contributed by atoms with van der Waals surface area (Å²) in [6.45, 7) is 1.79. The van der Waals surface area contributed by atoms with Crippen LogP contribution in [-0.4, -0.2) is 11.8 Å². The van der Waals surface area contributed by atoms with Gasteiger partial charge in [0.25, 0.3) is 11.8 Å². The SMILES string of the molecule is Cc1cc(NC(=O)c2ccco2)sc1C(=O)Nc1ccc2oc(=O)ccc2c1. The standard InChI is InChI=1S/C20H14N2O5S/c1-11-9-16(22-19(24)15-3-2-8-26-15)28-18(11)20(25)21-13-5-6-14-12(10-13)4-7-17(23)27-14/h2-10H,1H3,(H,21,25)(H,22,24). The molecule has 8 heteroatoms. The molecule has 0 aliphatic heterocycles. The molecule has 0 saturated carbocycles. The summed E-state index contributed by atoms with van der Waals surface area (Å²) in [6.07, 6.45) is 1.42. The molecule has 28 heavy (non-hydrogen) atoms. The number of nitrogens with one attached hydrogen (secondary N) is 2. The number of aryl methyl sites for hydroxylation is 1. The number of anilines is 2. The minimum Gasteiger partial charge on any atom is -0.459 e. The topological polar surface area (TPSA) is 102 Å². The number of hydrogen-bond acceptors (Lipinski definition) is 6. The van der Waals surface area contributed by atoms with Crippen molar-refractivity contribution in [2.24, 2.45) is 0 Å². The molecule has 0 aliphatic carbocycles. The molecule has 4 aromatic rings. The first-order valence-electron chi connectivity index (χ1n) is 8.30. The predicted octanol–water partition coefficient (Wildman–Crippen LogP) is 4.26. The molecule has 0 fully saturated rings. The highest BCUT2D eigenvalue weighted by atomic mass is 32.1. The first-order valence-corrected chi connectivity index (χ1v) is 9.12. The van der Waals surface area contributed by atoms with Crippen LogP contribution in [0.2, 0.25) is 0 Å². The van der Waals surface area contributed by atoms with E-state index in [-0.39, 0.29) is 17.6 Å². The van der Waals surface area contributed by atoms with Crippen molar-refractivity contribution in [2.75, 3.05) is 10.6 Å². The van der Waals surface area contributed by atoms with Gasteiger partial charge in [-0.3, -0.25) is 9.59 Å². The van der Waals surface area contributed by atoms with E-state index in [2.05, 4.69) is 10.6 Å². The van der Waals surface area contributed by atoms with Gasteiger partial charge in [0.2, 0.25) is 0 Å². The lowest BCUT2D eigenvalue weighted by molar-refractivity contribution is 0.0995. The van der Waals surface area contributed by atoms with Crippen LogP contribution in [0.25, 0.3) is 11.0 Å². The predicted molar refractivity (Wildman–Crippen MR) is 106 cm³/mol. The quantitative estimate of drug-likeness (QED) is 0.504. The molecule has 4 rings (SSSR count). The van der Waals surface area contributed by atoms with Crippen LogP contribution in [0.15, 0.2) is 68.4 Å². The summed E-state index contributed by atoms with van der Waals surface area (Å²) in [5.41, 5.74) is 1.33. The van der Waals surface area contributed by atoms with Crippen LogP contribution in [0, 0.1) is 6.92 Å². The number of amides is 2. The van der Waals surface area contributed by atoms with E-state index in [0.717, 1.165) is 5.56 Å². The smallest absolute Gasteiger partial charge is 0.336 e. The number of fused-ring (bicyclic) bond motifs is 1. The maximum absolute atomic E-state index is 12.6. The summed E-state index contributed by atoms with van der Waals surface area (Å²) < 4.78 is 10.1. The van der Waals surface area contributed by atoms with Gasteiger partial charge in [-0.15, -0.1) is 11.3 Å². The number of rotatable bonds is 4. The summed E-state index contributed by atoms with van der Waals surface area (Å²) in [6, 6.07) is 12.9. The molecule has 2 amide bonds. The van der Waals surface area contributed by atoms with Crippen molar-refractivity contribution in [3.8, 4) is 0 Å². The first kappa shape index (κ1) is 17.7. The van der Waals surface area contributed by atoms with Gasteiger partial charge in [0.15, 0.2) is 5.76 Å². The highest BCUT2D eigenvalue weighted by molar-refractivity contribution is 7.18. The third-order valence-electron chi connectivity index (χ3n) is 3.98. The van der Waals surface area contributed by atoms with Crippen molar-refractivity contribution in [1.29, 1.82) is 0 Å². The number of furan rings is 1. The number of benzene rings is 1. The second kappa shape index (κ2) is 7.16. The number of carbonyl (C=O) groups is 2. The fourth-order valence-corrected chi connectivity index (χ4v) is 3.65. The number of carbonyl (C=O) groups excluding carboxylic acids is 2. The van der Waals surface area contributed by atoms with Gasteiger partial charge in [0, 0.05) is 17.1 Å². The molecular formula is C20H14N2O5S. The van der Waals surface area contributed by atoms with Crippen molar-refractivity contribution in [2.45, 2.75) is 6.92 Å². The summed E-state index contributed by atoms with van der Waals surface area (Å²) in [7, 11) is 0. The zero-order chi connectivity index (χ0) is 19.7. The molecule has 140 valence electrons. The van der Waals surface area contributed by atoms with Crippen molar-refractivity contribution in [3.63, 3.8) is 0 Å². The maximum Gasteiger partial charge on any atom is 0.336 e. The van der Waals surface area contributed by atoms with Crippen LogP contribution in [0.4, 0.5) is 10.7 Å². The third kappa shape index (κ3) is 3.58. The highest BCUT2D eigenvalue weighted by Gasteiger charge is 2.17. The lowest BCUT2D eigenvalue weighted by Gasteiger charge is -2.05. The third-order valence-corrected chi connectivity index (χ3v) is 5.13. The van der Waals surface area contributed by atoms with E-state index < -0.39 is 5.63 Å². The van der Waals surface area contributed by atoms with Crippen molar-refractivity contribution in [1.82, 2.24) is 0 Å². The Morgan fingerprint density at radius 3 is 2.64 bits per heavy atom. The van der Waals surface area contributed by atoms with Crippen LogP contribution in [0.1, 0.15) is 25.8 Å². The minimum absolute atomic E-state index is 0.194. The maximum atomic E-state index is 12.6. The monoisotopic (exact) mass is 394 g/mol. The fourth-order valence-electron chi connectivity index (χ4n) is 2.69. The molecule has 7 nitrogen and oxygen atoms in total. The van der Waals surface area contributed by atoms with Crippen LogP contribution >= 0.6 is 11.3 Å². The summed E-state index contributed by atoms with van der Waals surface area (Å²) in [5.74, 6) is -0.480. The molecule has 0 spiro atoms. The van der Waals surface area contributed by atoms with Gasteiger partial charge in [-0.25, -0.2) is 4.79 Å². The highest BCUT2D eigenvalue weighted by Crippen LogP contribution is 2.28. The van der Waals surface area contributed by atoms with E-state index in [1.807, 2.05) is 0 Å². The molecule has 0 atom stereocenters. The van der Waals surface area contributed by atoms with Gasteiger partial charge in [0.1, 0.15) is 5.58 Å². The van der Waals surface area contributed by atoms with Crippen LogP contribution in [0.3, 0.4) is 0 Å². The van der Waals surface area contributed by atoms with Crippen LogP contribution in [0.5, 0.6) is 0 Å². The molecule has 0 saturated heterocycles. The molecule has 0 bridgehead atoms. The van der Waals surface area contributed by atoms with Crippen molar-refractivity contribution in [3.05, 3.63) is 81.4 Å². The summed E-state index contributed by atoms with van der Waals surface area (Å²) in [5, 5.41) is 6.78. The van der Waals surface area contributed by atoms with E-state index >= 15 is 0 Å². The Kier molecular flexibility index (Phi) is 4.54. The van der Waals surface area contributed by atoms with Gasteiger partial charge in [-0.2, -0.15) is 0 Å². The Balaban J connectivity index is 1.52. The summed E-state index contributed by atoms with van der Waals surface area (Å²) >= 11 is 1.17. The number of hydrogen-bond donors (Lipinski definition) is 2. The van der Waals surface area contributed by atoms with E-state index in [9.17, 15) is 14.4 Å². The van der Waals surface area contributed by atoms with E-state index in [1.54, 1.807) is 49.4 Å². The molecule has 3 aromatic heterocycles. The average Bonchev–Trinajstić information content (AvgIpc) is 3.32. The van der Waals surface area contributed by atoms with Gasteiger partial charge >= 0.3 is 5.63 Å². The van der Waals surface area contributed by atoms with Gasteiger partial charge in [-0.05, 0) is 55.0 Å². The normalized spacial score (nSPS) is 10.8. The van der Waals surface area contributed by atoms with Crippen molar-refractivity contribution < 1.29 is 18.4 Å². The fraction of sp³-hybridized carbons (Fsp3) is 0.0500. The molecule has 0 aliphatic rings. The lowest BCUT2D eigenvalue weighted by Crippen LogP contribution is -2.11. The largest absolute Gasteiger partial charge is 0.459 e. The Bertz CT molecular complexity index is 1240. The molecule has 1 aromatic carbocycles. The summed E-state index contributed by atoms with van der Waals surface area (Å²) in [4.78, 5) is 36.5. The van der Waals surface area contributed by atoms with E-state index in [0.29, 0.717) is 26.5 Å². The van der Waals surface area contributed by atoms with Crippen molar-refractivity contribution >= 4 is 44.8 Å². The second-order valence-electron chi connectivity index (χ2n) is 6.02. The van der Waals surface area contributed by atoms with Gasteiger partial charge < -0.3 is 19.5 Å². The molecule has 2 N–H and O–H groups in total. The second-order valence-corrected chi connectivity index (χ2v) is 7.07.